The highest BCUT2D eigenvalue weighted by atomic mass is 16.5. The highest BCUT2D eigenvalue weighted by Crippen LogP contribution is 2.14. The maximum Gasteiger partial charge on any atom is 0.126 e. The molecule has 0 atom stereocenters. The van der Waals surface area contributed by atoms with E-state index in [9.17, 15) is 0 Å². The molecule has 0 saturated carbocycles. The van der Waals surface area contributed by atoms with Gasteiger partial charge in [-0.25, -0.2) is 4.98 Å². The smallest absolute Gasteiger partial charge is 0.126 e. The van der Waals surface area contributed by atoms with Gasteiger partial charge in [-0.3, -0.25) is 0 Å². The average molecular weight is 256 g/mol. The summed E-state index contributed by atoms with van der Waals surface area (Å²) in [5.41, 5.74) is 1.21. The van der Waals surface area contributed by atoms with Crippen LogP contribution in [0.25, 0.3) is 0 Å². The molecule has 0 saturated heterocycles. The summed E-state index contributed by atoms with van der Waals surface area (Å²) in [6.07, 6.45) is 1.78. The van der Waals surface area contributed by atoms with E-state index in [1.807, 2.05) is 30.3 Å². The molecule has 19 heavy (non-hydrogen) atoms. The van der Waals surface area contributed by atoms with E-state index in [4.69, 9.17) is 4.74 Å². The van der Waals surface area contributed by atoms with E-state index < -0.39 is 0 Å². The molecule has 1 heterocycles. The van der Waals surface area contributed by atoms with Gasteiger partial charge < -0.3 is 10.1 Å². The first-order chi connectivity index (χ1) is 9.24. The van der Waals surface area contributed by atoms with Crippen molar-refractivity contribution in [2.24, 2.45) is 5.92 Å². The summed E-state index contributed by atoms with van der Waals surface area (Å²) in [4.78, 5) is 4.22. The Labute approximate surface area is 114 Å². The number of pyridine rings is 1. The molecule has 3 nitrogen and oxygen atoms in total. The molecule has 0 unspecified atom stereocenters. The van der Waals surface area contributed by atoms with Crippen LogP contribution >= 0.6 is 0 Å². The van der Waals surface area contributed by atoms with Crippen molar-refractivity contribution in [3.8, 4) is 5.75 Å². The second-order valence-corrected chi connectivity index (χ2v) is 4.92. The van der Waals surface area contributed by atoms with E-state index in [0.29, 0.717) is 5.92 Å². The second kappa shape index (κ2) is 6.78. The van der Waals surface area contributed by atoms with Gasteiger partial charge in [-0.15, -0.1) is 0 Å². The molecule has 1 aromatic heterocycles. The van der Waals surface area contributed by atoms with E-state index in [-0.39, 0.29) is 0 Å². The molecule has 0 radical (unpaired) electrons. The highest BCUT2D eigenvalue weighted by Gasteiger charge is 1.98. The molecule has 1 aromatic carbocycles. The third-order valence-corrected chi connectivity index (χ3v) is 2.65. The summed E-state index contributed by atoms with van der Waals surface area (Å²) in [7, 11) is 0. The number of benzene rings is 1. The lowest BCUT2D eigenvalue weighted by atomic mass is 10.2. The van der Waals surface area contributed by atoms with E-state index in [2.05, 4.69) is 36.3 Å². The largest absolute Gasteiger partial charge is 0.493 e. The minimum atomic E-state index is 0.547. The van der Waals surface area contributed by atoms with Gasteiger partial charge in [-0.2, -0.15) is 0 Å². The number of rotatable bonds is 6. The Morgan fingerprint density at radius 3 is 2.53 bits per heavy atom. The van der Waals surface area contributed by atoms with Crippen LogP contribution in [0, 0.1) is 5.92 Å². The van der Waals surface area contributed by atoms with Crippen molar-refractivity contribution in [3.63, 3.8) is 0 Å². The number of anilines is 1. The predicted octanol–water partition coefficient (Wildman–Crippen LogP) is 3.73. The number of nitrogens with one attached hydrogen (secondary N) is 1. The lowest BCUT2D eigenvalue weighted by Crippen LogP contribution is -2.05. The standard InChI is InChI=1S/C16H20N2O/c1-13(2)12-19-15-8-6-14(7-9-15)11-18-16-5-3-4-10-17-16/h3-10,13H,11-12H2,1-2H3,(H,17,18). The third-order valence-electron chi connectivity index (χ3n) is 2.65. The van der Waals surface area contributed by atoms with Crippen molar-refractivity contribution < 1.29 is 4.74 Å². The quantitative estimate of drug-likeness (QED) is 0.855. The van der Waals surface area contributed by atoms with Crippen LogP contribution in [-0.2, 0) is 6.54 Å². The second-order valence-electron chi connectivity index (χ2n) is 4.92. The molecule has 0 spiro atoms. The topological polar surface area (TPSA) is 34.1 Å². The number of hydrogen-bond acceptors (Lipinski definition) is 3. The van der Waals surface area contributed by atoms with Crippen LogP contribution in [0.4, 0.5) is 5.82 Å². The Morgan fingerprint density at radius 1 is 1.11 bits per heavy atom. The van der Waals surface area contributed by atoms with Crippen LogP contribution in [0.15, 0.2) is 48.7 Å². The van der Waals surface area contributed by atoms with Gasteiger partial charge in [-0.1, -0.05) is 32.0 Å². The van der Waals surface area contributed by atoms with Gasteiger partial charge >= 0.3 is 0 Å². The summed E-state index contributed by atoms with van der Waals surface area (Å²) in [5, 5.41) is 3.28. The summed E-state index contributed by atoms with van der Waals surface area (Å²) in [6, 6.07) is 14.0. The molecule has 0 bridgehead atoms. The van der Waals surface area contributed by atoms with Crippen LogP contribution in [0.1, 0.15) is 19.4 Å². The van der Waals surface area contributed by atoms with Gasteiger partial charge in [0.2, 0.25) is 0 Å². The zero-order valence-electron chi connectivity index (χ0n) is 11.5. The molecule has 2 rings (SSSR count). The Bertz CT molecular complexity index is 480. The molecule has 1 N–H and O–H groups in total. The molecule has 2 aromatic rings. The lowest BCUT2D eigenvalue weighted by Gasteiger charge is -2.09. The van der Waals surface area contributed by atoms with Crippen molar-refractivity contribution in [1.82, 2.24) is 4.98 Å². The van der Waals surface area contributed by atoms with Crippen LogP contribution in [0.2, 0.25) is 0 Å². The average Bonchev–Trinajstić information content (AvgIpc) is 2.45. The number of hydrogen-bond donors (Lipinski definition) is 1. The van der Waals surface area contributed by atoms with Crippen molar-refractivity contribution >= 4 is 5.82 Å². The van der Waals surface area contributed by atoms with Crippen molar-refractivity contribution in [2.45, 2.75) is 20.4 Å². The number of aromatic nitrogens is 1. The predicted molar refractivity (Wildman–Crippen MR) is 78.3 cm³/mol. The fourth-order valence-corrected chi connectivity index (χ4v) is 1.63. The Balaban J connectivity index is 1.85. The fraction of sp³-hybridized carbons (Fsp3) is 0.312. The fourth-order valence-electron chi connectivity index (χ4n) is 1.63. The van der Waals surface area contributed by atoms with Gasteiger partial charge in [-0.05, 0) is 35.7 Å². The van der Waals surface area contributed by atoms with Gasteiger partial charge in [0.25, 0.3) is 0 Å². The molecule has 100 valence electrons. The van der Waals surface area contributed by atoms with E-state index in [1.54, 1.807) is 6.20 Å². The molecule has 0 aliphatic heterocycles. The summed E-state index contributed by atoms with van der Waals surface area (Å²) < 4.78 is 5.65. The molecule has 0 amide bonds. The minimum Gasteiger partial charge on any atom is -0.493 e. The first-order valence-corrected chi connectivity index (χ1v) is 6.60. The number of nitrogens with zero attached hydrogens (tertiary/aromatic N) is 1. The monoisotopic (exact) mass is 256 g/mol. The summed E-state index contributed by atoms with van der Waals surface area (Å²) >= 11 is 0. The number of ether oxygens (including phenoxy) is 1. The van der Waals surface area contributed by atoms with Crippen LogP contribution in [0.3, 0.4) is 0 Å². The van der Waals surface area contributed by atoms with Crippen LogP contribution in [0.5, 0.6) is 5.75 Å². The van der Waals surface area contributed by atoms with E-state index in [0.717, 1.165) is 24.7 Å². The van der Waals surface area contributed by atoms with Gasteiger partial charge in [0.1, 0.15) is 11.6 Å². The van der Waals surface area contributed by atoms with Gasteiger partial charge in [0.15, 0.2) is 0 Å². The Morgan fingerprint density at radius 2 is 1.89 bits per heavy atom. The molecule has 0 fully saturated rings. The van der Waals surface area contributed by atoms with Crippen molar-refractivity contribution in [2.75, 3.05) is 11.9 Å². The molecular formula is C16H20N2O. The van der Waals surface area contributed by atoms with Gasteiger partial charge in [0.05, 0.1) is 6.61 Å². The van der Waals surface area contributed by atoms with Crippen molar-refractivity contribution in [1.29, 1.82) is 0 Å². The maximum absolute atomic E-state index is 5.65. The Hall–Kier alpha value is -2.03. The third kappa shape index (κ3) is 4.62. The maximum atomic E-state index is 5.65. The van der Waals surface area contributed by atoms with Crippen LogP contribution < -0.4 is 10.1 Å². The molecule has 0 aliphatic rings. The zero-order chi connectivity index (χ0) is 13.5. The zero-order valence-corrected chi connectivity index (χ0v) is 11.5. The van der Waals surface area contributed by atoms with E-state index >= 15 is 0 Å². The van der Waals surface area contributed by atoms with Gasteiger partial charge in [0, 0.05) is 12.7 Å². The minimum absolute atomic E-state index is 0.547. The molecule has 0 aliphatic carbocycles. The normalized spacial score (nSPS) is 10.5. The Kier molecular flexibility index (Phi) is 4.78. The first kappa shape index (κ1) is 13.4. The highest BCUT2D eigenvalue weighted by molar-refractivity contribution is 5.35. The lowest BCUT2D eigenvalue weighted by molar-refractivity contribution is 0.271. The summed E-state index contributed by atoms with van der Waals surface area (Å²) in [6.45, 7) is 5.81. The molecule has 3 heteroatoms. The van der Waals surface area contributed by atoms with Crippen LogP contribution in [-0.4, -0.2) is 11.6 Å². The van der Waals surface area contributed by atoms with Crippen molar-refractivity contribution in [3.05, 3.63) is 54.2 Å². The first-order valence-electron chi connectivity index (χ1n) is 6.60. The van der Waals surface area contributed by atoms with E-state index in [1.165, 1.54) is 5.56 Å². The summed E-state index contributed by atoms with van der Waals surface area (Å²) in [5.74, 6) is 2.36. The SMILES string of the molecule is CC(C)COc1ccc(CNc2ccccn2)cc1. The molecular weight excluding hydrogens is 236 g/mol.